The maximum absolute atomic E-state index is 15.1. The number of hydrogen-bond acceptors (Lipinski definition) is 17. The number of aliphatic hydroxyl groups excluding tert-OH is 1. The summed E-state index contributed by atoms with van der Waals surface area (Å²) in [7, 11) is 0. The van der Waals surface area contributed by atoms with Crippen LogP contribution in [0, 0.1) is 11.6 Å². The molecule has 1 unspecified atom stereocenters. The average molecular weight is 1410 g/mol. The second-order valence-electron chi connectivity index (χ2n) is 25.4. The summed E-state index contributed by atoms with van der Waals surface area (Å²) in [4.78, 5) is 169. The van der Waals surface area contributed by atoms with Gasteiger partial charge in [0.2, 0.25) is 59.1 Å². The lowest BCUT2D eigenvalue weighted by atomic mass is 9.94. The quantitative estimate of drug-likeness (QED) is 0.0664. The number of halogens is 2. The number of carbonyl (C=O) groups excluding carboxylic acids is 10. The van der Waals surface area contributed by atoms with Crippen molar-refractivity contribution in [3.05, 3.63) is 161 Å². The topological polar surface area (TPSA) is 477 Å². The lowest BCUT2D eigenvalue weighted by Crippen LogP contribution is -2.65. The van der Waals surface area contributed by atoms with Crippen molar-refractivity contribution in [2.45, 2.75) is 139 Å². The summed E-state index contributed by atoms with van der Waals surface area (Å²) in [5.41, 5.74) is 7.59. The summed E-state index contributed by atoms with van der Waals surface area (Å²) < 4.78 is 31.2. The van der Waals surface area contributed by atoms with Gasteiger partial charge in [0.25, 0.3) is 0 Å². The first-order valence-electron chi connectivity index (χ1n) is 32.6. The minimum absolute atomic E-state index is 0.0721. The van der Waals surface area contributed by atoms with E-state index < -0.39 is 163 Å². The number of carboxylic acids is 1. The van der Waals surface area contributed by atoms with Crippen molar-refractivity contribution >= 4 is 86.8 Å². The van der Waals surface area contributed by atoms with Gasteiger partial charge in [0, 0.05) is 91.7 Å². The van der Waals surface area contributed by atoms with E-state index in [0.29, 0.717) is 34.3 Å². The fraction of sp³-hybridized carbons (Fsp3) is 0.353. The minimum Gasteiger partial charge on any atom is -0.508 e. The Bertz CT molecular complexity index is 4450. The highest BCUT2D eigenvalue weighted by Gasteiger charge is 2.49. The van der Waals surface area contributed by atoms with E-state index in [1.165, 1.54) is 109 Å². The van der Waals surface area contributed by atoms with Crippen molar-refractivity contribution in [3.8, 4) is 11.4 Å². The van der Waals surface area contributed by atoms with E-state index in [-0.39, 0.29) is 77.7 Å². The zero-order valence-electron chi connectivity index (χ0n) is 55.3. The third-order valence-electron chi connectivity index (χ3n) is 17.9. The van der Waals surface area contributed by atoms with Gasteiger partial charge in [-0.25, -0.2) is 18.4 Å². The normalized spacial score (nSPS) is 23.7. The number of carboxylic acid groups (broad SMARTS) is 1. The van der Waals surface area contributed by atoms with Gasteiger partial charge in [-0.1, -0.05) is 29.5 Å². The fourth-order valence-electron chi connectivity index (χ4n) is 12.5. The molecule has 17 N–H and O–H groups in total. The fourth-order valence-corrected chi connectivity index (χ4v) is 12.5. The lowest BCUT2D eigenvalue weighted by Gasteiger charge is -2.41. The highest BCUT2D eigenvalue weighted by molar-refractivity contribution is 5.99. The number of carbonyl (C=O) groups is 11. The molecule has 34 heteroatoms. The monoisotopic (exact) mass is 1410 g/mol. The number of aliphatic hydroxyl groups is 1. The van der Waals surface area contributed by atoms with Crippen molar-refractivity contribution in [1.29, 1.82) is 0 Å². The number of hydrogen-bond donors (Lipinski definition) is 16. The molecule has 11 rings (SSSR count). The third-order valence-corrected chi connectivity index (χ3v) is 17.9. The summed E-state index contributed by atoms with van der Waals surface area (Å²) in [6.07, 6.45) is 2.75. The maximum atomic E-state index is 15.1. The SMILES string of the molecule is CC(=O)N[C@H]1Cc2cn(nn2)-c2ccc(cc2)C[C@@H](C(N)=O)NC(=O)[C@]2(C)CCCN2C(O)[C@H](Cc2ccc(O)cc2)NC(=O)[C@H](Cc2cnc[nH]2)NC(=O)[C@H](CC(=O)O)NC(=O)[C@H](Cc2c[nH]c3ccc(F)cc23)NC(=O)[C@H](Cc2c[nH]c3ccc(F)cc23)NC(=O)CNC(=O)[C@H](C)NC1=O. The van der Waals surface area contributed by atoms with E-state index in [1.807, 2.05) is 0 Å². The highest BCUT2D eigenvalue weighted by atomic mass is 19.1. The number of nitrogens with zero attached hydrogens (tertiary/aromatic N) is 5. The number of rotatable bonds is 12. The van der Waals surface area contributed by atoms with Crippen LogP contribution < -0.4 is 53.6 Å². The molecule has 4 aromatic carbocycles. The molecule has 7 heterocycles. The number of phenolic OH excluding ortho intramolecular Hbond substituents is 1. The Kier molecular flexibility index (Phi) is 22.8. The summed E-state index contributed by atoms with van der Waals surface area (Å²) in [5.74, 6) is -12.6. The molecule has 4 aromatic heterocycles. The van der Waals surface area contributed by atoms with E-state index in [1.54, 1.807) is 31.2 Å². The van der Waals surface area contributed by atoms with E-state index in [9.17, 15) is 62.5 Å². The van der Waals surface area contributed by atoms with Crippen molar-refractivity contribution in [2.75, 3.05) is 13.1 Å². The van der Waals surface area contributed by atoms with Gasteiger partial charge in [-0.2, -0.15) is 0 Å². The Morgan fingerprint density at radius 3 is 1.89 bits per heavy atom. The molecule has 102 heavy (non-hydrogen) atoms. The van der Waals surface area contributed by atoms with E-state index in [0.717, 1.165) is 6.07 Å². The predicted octanol–water partition coefficient (Wildman–Crippen LogP) is -0.827. The molecule has 8 aromatic rings. The molecule has 0 spiro atoms. The number of imidazole rings is 1. The van der Waals surface area contributed by atoms with Crippen LogP contribution in [0.25, 0.3) is 27.5 Å². The molecule has 1 fully saturated rings. The van der Waals surface area contributed by atoms with Gasteiger partial charge >= 0.3 is 5.97 Å². The zero-order chi connectivity index (χ0) is 73.1. The average Bonchev–Trinajstić information content (AvgIpc) is 1.58. The zero-order valence-corrected chi connectivity index (χ0v) is 55.3. The largest absolute Gasteiger partial charge is 0.508 e. The molecule has 0 aliphatic carbocycles. The minimum atomic E-state index is -2.06. The molecule has 536 valence electrons. The predicted molar refractivity (Wildman–Crippen MR) is 358 cm³/mol. The van der Waals surface area contributed by atoms with Crippen LogP contribution in [-0.2, 0) is 91.3 Å². The maximum Gasteiger partial charge on any atom is 0.305 e. The Morgan fingerprint density at radius 2 is 1.29 bits per heavy atom. The van der Waals surface area contributed by atoms with E-state index >= 15 is 14.4 Å². The number of aromatic amines is 3. The van der Waals surface area contributed by atoms with Gasteiger partial charge in [0.05, 0.1) is 48.5 Å². The van der Waals surface area contributed by atoms with Crippen molar-refractivity contribution in [1.82, 2.24) is 87.7 Å². The number of phenols is 1. The number of amides is 10. The molecule has 1 saturated heterocycles. The Hall–Kier alpha value is -11.9. The highest BCUT2D eigenvalue weighted by Crippen LogP contribution is 2.33. The number of aromatic hydroxyl groups is 1. The molecule has 0 saturated carbocycles. The summed E-state index contributed by atoms with van der Waals surface area (Å²) in [6, 6.07) is 7.25. The van der Waals surface area contributed by atoms with Crippen LogP contribution in [0.15, 0.2) is 116 Å². The molecule has 4 bridgehead atoms. The van der Waals surface area contributed by atoms with Gasteiger partial charge in [-0.15, -0.1) is 5.10 Å². The van der Waals surface area contributed by atoms with Gasteiger partial charge in [0.1, 0.15) is 65.9 Å². The van der Waals surface area contributed by atoms with Crippen molar-refractivity contribution < 1.29 is 76.8 Å². The van der Waals surface area contributed by atoms with Crippen LogP contribution in [-0.4, -0.2) is 193 Å². The third kappa shape index (κ3) is 18.1. The van der Waals surface area contributed by atoms with Crippen LogP contribution in [0.4, 0.5) is 8.78 Å². The molecule has 3 aliphatic heterocycles. The number of aromatic nitrogens is 7. The van der Waals surface area contributed by atoms with E-state index in [2.05, 4.69) is 78.1 Å². The van der Waals surface area contributed by atoms with Crippen LogP contribution in [0.5, 0.6) is 5.75 Å². The second kappa shape index (κ2) is 31.9. The molecule has 10 atom stereocenters. The summed E-state index contributed by atoms with van der Waals surface area (Å²) in [5, 5.41) is 65.2. The number of aliphatic carboxylic acids is 1. The lowest BCUT2D eigenvalue weighted by molar-refractivity contribution is -0.143. The first kappa shape index (κ1) is 72.8. The smallest absolute Gasteiger partial charge is 0.305 e. The number of nitrogens with two attached hydrogens (primary N) is 1. The first-order valence-corrected chi connectivity index (χ1v) is 32.6. The Balaban J connectivity index is 1.00. The van der Waals surface area contributed by atoms with Gasteiger partial charge in [-0.3, -0.25) is 57.6 Å². The molecule has 32 nitrogen and oxygen atoms in total. The molecular weight excluding hydrogens is 1330 g/mol. The number of nitrogens with one attached hydrogen (secondary N) is 12. The number of primary amides is 1. The molecule has 0 radical (unpaired) electrons. The first-order chi connectivity index (χ1) is 48.7. The number of fused-ring (bicyclic) bond motifs is 30. The van der Waals surface area contributed by atoms with Gasteiger partial charge in [-0.05, 0) is 116 Å². The van der Waals surface area contributed by atoms with Crippen molar-refractivity contribution in [3.63, 3.8) is 0 Å². The van der Waals surface area contributed by atoms with Crippen LogP contribution >= 0.6 is 0 Å². The second-order valence-corrected chi connectivity index (χ2v) is 25.4. The molecule has 10 amide bonds. The summed E-state index contributed by atoms with van der Waals surface area (Å²) >= 11 is 0. The van der Waals surface area contributed by atoms with Crippen LogP contribution in [0.1, 0.15) is 73.7 Å². The summed E-state index contributed by atoms with van der Waals surface area (Å²) in [6.45, 7) is 3.24. The van der Waals surface area contributed by atoms with Gasteiger partial charge < -0.3 is 83.9 Å². The molecule has 3 aliphatic rings. The van der Waals surface area contributed by atoms with Gasteiger partial charge in [0.15, 0.2) is 0 Å². The van der Waals surface area contributed by atoms with Crippen molar-refractivity contribution in [2.24, 2.45) is 5.73 Å². The van der Waals surface area contributed by atoms with Crippen LogP contribution in [0.2, 0.25) is 0 Å². The Morgan fingerprint density at radius 1 is 0.696 bits per heavy atom. The molecular formula is C68H76F2N18O14. The van der Waals surface area contributed by atoms with Crippen LogP contribution in [0.3, 0.4) is 0 Å². The van der Waals surface area contributed by atoms with E-state index in [4.69, 9.17) is 5.73 Å². The Labute approximate surface area is 579 Å². The standard InChI is InChI=1S/C68H76F2N18O14/c1-34-60(95)75-31-57(91)79-51(21-38-28-73-48-15-9-40(69)23-46(38)48)62(97)80-52(22-39-29-74-49-16-10-41(70)24-47(39)49)63(98)82-55(27-58(92)93)65(100)81-54(25-42-30-72-33-76-42)64(99)83-56(20-37-7-13-45(90)14-8-37)66(101)87-18-4-17-68(87,3)67(102)84-50(59(71)94)19-36-5-11-44(12-6-36)88-32-43(85-86-88)26-53(61(96)77-34)78-35(2)89/h5-16,23-24,28-30,32-34,50-56,66,73-74,90,101H,4,17-22,25-27,31H2,1-3H3,(H2,71,94)(H,72,76)(H,75,95)(H,77,96)(H,78,89)(H,79,91)(H,80,97)(H,81,100)(H,82,98)(H,83,99)(H,84,102)(H,92,93)/t34-,50-,51-,52-,53-,54-,55-,56-,66?,68-/m0/s1. The number of H-pyrrole nitrogens is 3. The number of benzene rings is 4.